The van der Waals surface area contributed by atoms with Crippen LogP contribution >= 0.6 is 34.4 Å². The topological polar surface area (TPSA) is 569 Å². The second-order valence-corrected chi connectivity index (χ2v) is 34.3. The third-order valence-corrected chi connectivity index (χ3v) is 23.6. The number of nitrogens with one attached hydrogen (secondary N) is 5. The fraction of sp³-hybridized carbons (Fsp3) is 0.0283. The van der Waals surface area contributed by atoms with E-state index >= 15 is 0 Å². The standard InChI is InChI=1S/C25H17N5O3.C23H16N8O2.2C20H15N5O2S.C18H13N7O2S/c31-22-20(27-29-25-30-28-24(33-25)16-9-3-1-4-10-16)15-17-11-7-8-14-19(17)21(22)23(32)26-18-12-5-2-6-13-18;32-20-18(28-29-22-26-14-31(30-22)23-24-11-6-12-25-23)13-15-7-4-5-10-17(15)19(20)21(33)27-16-8-2-1-3-9-16;1-12-22-24-20(28-12)25-23-16-11-13-7-5-6-10-15(13)17(18(16)26)19(27)21-14-8-3-2-4-9-14;1-12-21-20(28-25-12)24-23-16-11-13-7-5-6-10-15(13)17(18(16)26)19(27)22-14-8-3-2-4-9-14;1-10-21-18(28-25-10)24-23-13-9-11-5-2-3-6-12(11)14(15(13)26)16(27)22-17-19-7-4-8-20-17/h1-15,31H,(H,26,32);1-14,32H,(H,27,33);2-11,26H,1H3,(H,21,27);2-11,26H,1H3,(H,22,27);2-9,26H,1H3,(H,19,20,22,27). The van der Waals surface area contributed by atoms with E-state index in [-0.39, 0.29) is 103 Å². The summed E-state index contributed by atoms with van der Waals surface area (Å²) < 4.78 is 15.0. The number of aromatic nitrogens is 15. The molecule has 0 bridgehead atoms. The number of carbonyl (C=O) groups is 5. The number of hydrogen-bond donors (Lipinski definition) is 10. The molecule has 22 rings (SSSR count). The number of rotatable bonds is 22. The van der Waals surface area contributed by atoms with Gasteiger partial charge in [-0.2, -0.15) is 18.4 Å². The summed E-state index contributed by atoms with van der Waals surface area (Å²) in [5, 5.41) is 137. The van der Waals surface area contributed by atoms with Crippen LogP contribution in [0.1, 0.15) is 68.4 Å². The molecule has 0 aliphatic carbocycles. The minimum Gasteiger partial charge on any atom is -0.505 e. The van der Waals surface area contributed by atoms with Gasteiger partial charge in [-0.1, -0.05) is 234 Å². The zero-order chi connectivity index (χ0) is 104. The average Bonchev–Trinajstić information content (AvgIpc) is 1.12. The van der Waals surface area contributed by atoms with Crippen molar-refractivity contribution >= 4 is 202 Å². The minimum atomic E-state index is -0.552. The predicted octanol–water partition coefficient (Wildman–Crippen LogP) is 25.8. The van der Waals surface area contributed by atoms with E-state index in [1.54, 1.807) is 166 Å². The summed E-state index contributed by atoms with van der Waals surface area (Å²) in [5.74, 6) is -1.69. The van der Waals surface area contributed by atoms with Gasteiger partial charge in [0.2, 0.25) is 22.1 Å². The highest BCUT2D eigenvalue weighted by atomic mass is 32.1. The highest BCUT2D eigenvalue weighted by Gasteiger charge is 2.27. The maximum Gasteiger partial charge on any atom is 0.361 e. The summed E-state index contributed by atoms with van der Waals surface area (Å²) in [6.45, 7) is 5.32. The Bertz CT molecular complexity index is 8190. The molecule has 0 unspecified atom stereocenters. The molecular formula is C106H76N30O11S3. The quantitative estimate of drug-likeness (QED) is 0.0282. The molecule has 7 aromatic heterocycles. The predicted molar refractivity (Wildman–Crippen MR) is 567 cm³/mol. The van der Waals surface area contributed by atoms with Crippen LogP contribution in [0.5, 0.6) is 28.7 Å². The maximum absolute atomic E-state index is 13.1. The van der Waals surface area contributed by atoms with Crippen LogP contribution < -0.4 is 26.6 Å². The van der Waals surface area contributed by atoms with E-state index in [9.17, 15) is 49.5 Å². The lowest BCUT2D eigenvalue weighted by Gasteiger charge is -2.11. The van der Waals surface area contributed by atoms with Gasteiger partial charge in [-0.25, -0.2) is 29.9 Å². The Kier molecular flexibility index (Phi) is 31.0. The number of amides is 5. The average molecular weight is 2040 g/mol. The summed E-state index contributed by atoms with van der Waals surface area (Å²) >= 11 is 3.48. The van der Waals surface area contributed by atoms with Gasteiger partial charge in [-0.15, -0.1) is 66.4 Å². The van der Waals surface area contributed by atoms with Crippen molar-refractivity contribution in [3.63, 3.8) is 0 Å². The molecule has 44 heteroatoms. The molecule has 0 aliphatic rings. The number of phenolic OH excluding ortho intramolecular Hbond substituents is 5. The van der Waals surface area contributed by atoms with E-state index in [1.165, 1.54) is 34.7 Å². The first-order valence-electron chi connectivity index (χ1n) is 45.1. The number of nitrogens with zero attached hydrogens (tertiary/aromatic N) is 25. The van der Waals surface area contributed by atoms with Crippen LogP contribution in [-0.4, -0.2) is 129 Å². The fourth-order valence-electron chi connectivity index (χ4n) is 14.8. The first-order valence-corrected chi connectivity index (χ1v) is 47.4. The van der Waals surface area contributed by atoms with E-state index in [2.05, 4.69) is 147 Å². The first-order chi connectivity index (χ1) is 73.2. The van der Waals surface area contributed by atoms with Gasteiger partial charge in [-0.05, 0) is 178 Å². The molecule has 15 aromatic carbocycles. The van der Waals surface area contributed by atoms with Gasteiger partial charge >= 0.3 is 6.01 Å². The van der Waals surface area contributed by atoms with E-state index < -0.39 is 29.5 Å². The Hall–Kier alpha value is -20.9. The number of phenols is 5. The van der Waals surface area contributed by atoms with Gasteiger partial charge in [0.1, 0.15) is 51.4 Å². The summed E-state index contributed by atoms with van der Waals surface area (Å²) in [5.41, 5.74) is 4.50. The molecule has 7 heterocycles. The third kappa shape index (κ3) is 24.3. The monoisotopic (exact) mass is 2040 g/mol. The molecule has 0 atom stereocenters. The fourth-order valence-corrected chi connectivity index (χ4v) is 16.3. The van der Waals surface area contributed by atoms with Gasteiger partial charge < -0.3 is 51.2 Å². The maximum atomic E-state index is 13.1. The lowest BCUT2D eigenvalue weighted by molar-refractivity contribution is 0.101. The number of carbonyl (C=O) groups excluding carboxylic acids is 5. The number of para-hydroxylation sites is 4. The van der Waals surface area contributed by atoms with Crippen LogP contribution in [-0.2, 0) is 0 Å². The lowest BCUT2D eigenvalue weighted by atomic mass is 10.0. The van der Waals surface area contributed by atoms with Crippen molar-refractivity contribution in [1.29, 1.82) is 0 Å². The number of hydrogen-bond acceptors (Lipinski definition) is 38. The van der Waals surface area contributed by atoms with Crippen LogP contribution in [0.2, 0.25) is 0 Å². The van der Waals surface area contributed by atoms with E-state index in [0.29, 0.717) is 88.6 Å². The Morgan fingerprint density at radius 3 is 0.967 bits per heavy atom. The van der Waals surface area contributed by atoms with Crippen LogP contribution in [0.15, 0.2) is 402 Å². The van der Waals surface area contributed by atoms with Crippen molar-refractivity contribution in [2.24, 2.45) is 51.1 Å². The molecule has 0 spiro atoms. The number of aryl methyl sites for hydroxylation is 3. The number of benzene rings is 15. The second-order valence-electron chi connectivity index (χ2n) is 31.7. The van der Waals surface area contributed by atoms with E-state index in [4.69, 9.17) is 4.42 Å². The molecule has 0 saturated heterocycles. The van der Waals surface area contributed by atoms with Gasteiger partial charge in [0, 0.05) is 76.2 Å². The normalized spacial score (nSPS) is 11.2. The summed E-state index contributed by atoms with van der Waals surface area (Å²) in [4.78, 5) is 93.2. The second kappa shape index (κ2) is 46.9. The highest BCUT2D eigenvalue weighted by Crippen LogP contribution is 2.45. The van der Waals surface area contributed by atoms with Crippen molar-refractivity contribution in [1.82, 2.24) is 73.8 Å². The van der Waals surface area contributed by atoms with Gasteiger partial charge in [0.25, 0.3) is 46.6 Å². The molecular weight excluding hydrogens is 1970 g/mol. The van der Waals surface area contributed by atoms with Crippen LogP contribution in [0.3, 0.4) is 0 Å². The molecule has 150 heavy (non-hydrogen) atoms. The molecule has 0 aliphatic heterocycles. The molecule has 10 N–H and O–H groups in total. The first kappa shape index (κ1) is 99.2. The van der Waals surface area contributed by atoms with Gasteiger partial charge in [0.15, 0.2) is 28.7 Å². The number of anilines is 5. The Labute approximate surface area is 860 Å². The molecule has 0 fully saturated rings. The Balaban J connectivity index is 0.000000123. The number of azo groups is 5. The van der Waals surface area contributed by atoms with Crippen molar-refractivity contribution in [2.75, 3.05) is 26.6 Å². The van der Waals surface area contributed by atoms with Crippen molar-refractivity contribution in [2.45, 2.75) is 20.8 Å². The molecule has 0 radical (unpaired) electrons. The Morgan fingerprint density at radius 2 is 0.627 bits per heavy atom. The molecule has 0 saturated carbocycles. The Morgan fingerprint density at radius 1 is 0.313 bits per heavy atom. The van der Waals surface area contributed by atoms with Gasteiger partial charge in [-0.3, -0.25) is 29.3 Å². The smallest absolute Gasteiger partial charge is 0.361 e. The largest absolute Gasteiger partial charge is 0.505 e. The zero-order valence-corrected chi connectivity index (χ0v) is 80.9. The van der Waals surface area contributed by atoms with Crippen LogP contribution in [0, 0.1) is 20.8 Å². The summed E-state index contributed by atoms with van der Waals surface area (Å²) in [7, 11) is 0. The molecule has 5 amide bonds. The highest BCUT2D eigenvalue weighted by molar-refractivity contribution is 7.14. The number of fused-ring (bicyclic) bond motifs is 5. The lowest BCUT2D eigenvalue weighted by Crippen LogP contribution is -2.14. The zero-order valence-electron chi connectivity index (χ0n) is 78.5. The number of aromatic hydroxyl groups is 5. The van der Waals surface area contributed by atoms with Crippen molar-refractivity contribution in [3.8, 4) is 46.2 Å². The molecule has 22 aromatic rings. The minimum absolute atomic E-state index is 0.0466. The van der Waals surface area contributed by atoms with Crippen LogP contribution in [0.4, 0.5) is 84.5 Å². The SMILES string of the molecule is Cc1nnc(N=Nc2cc3ccccc3c(C(=O)Nc3ccccc3)c2O)s1.Cc1nsc(N=Nc2cc3ccccc3c(C(=O)Nc3ccccc3)c2O)n1.Cc1nsc(N=Nc2cc3ccccc3c(C(=O)Nc3ncccn3)c2O)n1.O=C(Nc1ccccc1)c1c(O)c(N=Nc2ncn(-c3ncccn3)n2)cc2ccccc12.O=C(Nc1ccccc1)c1c(O)c(N=Nc2nnc(-c3ccccc3)o2)cc2ccccc12. The van der Waals surface area contributed by atoms with Crippen molar-refractivity contribution in [3.05, 3.63) is 391 Å². The summed E-state index contributed by atoms with van der Waals surface area (Å²) in [6, 6.07) is 93.1. The third-order valence-electron chi connectivity index (χ3n) is 21.5. The van der Waals surface area contributed by atoms with Crippen LogP contribution in [0.25, 0.3) is 71.3 Å². The van der Waals surface area contributed by atoms with Gasteiger partial charge in [0.05, 0.1) is 27.8 Å². The van der Waals surface area contributed by atoms with E-state index in [1.807, 2.05) is 183 Å². The summed E-state index contributed by atoms with van der Waals surface area (Å²) in [6.07, 6.45) is 7.59. The van der Waals surface area contributed by atoms with Crippen molar-refractivity contribution < 1.29 is 53.9 Å². The molecule has 41 nitrogen and oxygen atoms in total. The van der Waals surface area contributed by atoms with E-state index in [0.717, 1.165) is 60.6 Å². The molecule has 734 valence electrons.